The third kappa shape index (κ3) is 3.41. The fourth-order valence-corrected chi connectivity index (χ4v) is 3.66. The van der Waals surface area contributed by atoms with E-state index in [9.17, 15) is 8.42 Å². The summed E-state index contributed by atoms with van der Waals surface area (Å²) in [5.74, 6) is 0. The van der Waals surface area contributed by atoms with Crippen molar-refractivity contribution < 1.29 is 8.42 Å². The van der Waals surface area contributed by atoms with E-state index in [1.807, 2.05) is 13.8 Å². The third-order valence-corrected chi connectivity index (χ3v) is 5.31. The molecule has 0 atom stereocenters. The van der Waals surface area contributed by atoms with E-state index >= 15 is 0 Å². The predicted octanol–water partition coefficient (Wildman–Crippen LogP) is 2.66. The van der Waals surface area contributed by atoms with Crippen LogP contribution in [0.1, 0.15) is 36.8 Å². The smallest absolute Gasteiger partial charge is 0.242 e. The number of nitrogen functional groups attached to an aromatic ring is 1. The first kappa shape index (κ1) is 15.1. The molecule has 1 aromatic carbocycles. The maximum absolute atomic E-state index is 12.3. The summed E-state index contributed by atoms with van der Waals surface area (Å²) in [6, 6.07) is 3.35. The summed E-state index contributed by atoms with van der Waals surface area (Å²) in [4.78, 5) is 0.181. The van der Waals surface area contributed by atoms with Gasteiger partial charge in [0.05, 0.1) is 5.69 Å². The Balaban J connectivity index is 2.08. The number of sulfonamides is 1. The molecule has 3 N–H and O–H groups in total. The Morgan fingerprint density at radius 2 is 1.95 bits per heavy atom. The lowest BCUT2D eigenvalue weighted by Crippen LogP contribution is -2.26. The van der Waals surface area contributed by atoms with Crippen molar-refractivity contribution in [3.05, 3.63) is 34.9 Å². The number of rotatable bonds is 5. The highest BCUT2D eigenvalue weighted by Crippen LogP contribution is 2.23. The average Bonchev–Trinajstić information content (AvgIpc) is 2.86. The minimum atomic E-state index is -3.52. The van der Waals surface area contributed by atoms with Crippen molar-refractivity contribution >= 4 is 15.7 Å². The minimum absolute atomic E-state index is 0.181. The van der Waals surface area contributed by atoms with Crippen LogP contribution in [0.5, 0.6) is 0 Å². The van der Waals surface area contributed by atoms with Gasteiger partial charge in [0.25, 0.3) is 0 Å². The van der Waals surface area contributed by atoms with Gasteiger partial charge in [0, 0.05) is 6.54 Å². The maximum atomic E-state index is 12.3. The summed E-state index contributed by atoms with van der Waals surface area (Å²) in [6.07, 6.45) is 6.38. The van der Waals surface area contributed by atoms with Gasteiger partial charge in [0.2, 0.25) is 10.0 Å². The second-order valence-electron chi connectivity index (χ2n) is 5.38. The van der Waals surface area contributed by atoms with Crippen LogP contribution in [0.2, 0.25) is 0 Å². The van der Waals surface area contributed by atoms with Crippen LogP contribution in [-0.2, 0) is 10.0 Å². The summed E-state index contributed by atoms with van der Waals surface area (Å²) >= 11 is 0. The Labute approximate surface area is 121 Å². The fourth-order valence-electron chi connectivity index (χ4n) is 2.43. The van der Waals surface area contributed by atoms with Crippen molar-refractivity contribution in [1.82, 2.24) is 4.72 Å². The van der Waals surface area contributed by atoms with E-state index in [1.165, 1.54) is 12.0 Å². The molecule has 0 aliphatic heterocycles. The van der Waals surface area contributed by atoms with Crippen LogP contribution in [0.15, 0.2) is 28.7 Å². The number of allylic oxidation sites excluding steroid dienone is 1. The lowest BCUT2D eigenvalue weighted by Gasteiger charge is -2.11. The number of nitrogens with two attached hydrogens (primary N) is 1. The molecule has 0 bridgehead atoms. The van der Waals surface area contributed by atoms with Crippen LogP contribution in [0.4, 0.5) is 5.69 Å². The van der Waals surface area contributed by atoms with Gasteiger partial charge >= 0.3 is 0 Å². The third-order valence-electron chi connectivity index (χ3n) is 3.79. The summed E-state index contributed by atoms with van der Waals surface area (Å²) in [5, 5.41) is 0. The molecule has 20 heavy (non-hydrogen) atoms. The number of nitrogens with one attached hydrogen (secondary N) is 1. The molecule has 0 heterocycles. The van der Waals surface area contributed by atoms with Gasteiger partial charge in [-0.1, -0.05) is 11.6 Å². The van der Waals surface area contributed by atoms with Crippen molar-refractivity contribution in [2.24, 2.45) is 0 Å². The molecule has 1 aliphatic rings. The first-order chi connectivity index (χ1) is 9.40. The summed E-state index contributed by atoms with van der Waals surface area (Å²) in [6.45, 7) is 4.24. The van der Waals surface area contributed by atoms with Gasteiger partial charge in [-0.15, -0.1) is 0 Å². The van der Waals surface area contributed by atoms with Crippen LogP contribution in [0, 0.1) is 13.8 Å². The van der Waals surface area contributed by atoms with Crippen LogP contribution >= 0.6 is 0 Å². The molecule has 5 heteroatoms. The predicted molar refractivity (Wildman–Crippen MR) is 82.1 cm³/mol. The van der Waals surface area contributed by atoms with Gasteiger partial charge in [0.1, 0.15) is 4.90 Å². The van der Waals surface area contributed by atoms with Crippen molar-refractivity contribution in [1.29, 1.82) is 0 Å². The second-order valence-corrected chi connectivity index (χ2v) is 7.11. The van der Waals surface area contributed by atoms with Crippen molar-refractivity contribution in [2.45, 2.75) is 44.4 Å². The van der Waals surface area contributed by atoms with E-state index < -0.39 is 10.0 Å². The largest absolute Gasteiger partial charge is 0.398 e. The van der Waals surface area contributed by atoms with Gasteiger partial charge in [0.15, 0.2) is 0 Å². The second kappa shape index (κ2) is 5.97. The number of aryl methyl sites for hydroxylation is 2. The van der Waals surface area contributed by atoms with Crippen molar-refractivity contribution in [2.75, 3.05) is 12.3 Å². The molecule has 0 radical (unpaired) electrons. The topological polar surface area (TPSA) is 72.2 Å². The Bertz CT molecular complexity index is 634. The first-order valence-corrected chi connectivity index (χ1v) is 8.43. The summed E-state index contributed by atoms with van der Waals surface area (Å²) < 4.78 is 27.2. The lowest BCUT2D eigenvalue weighted by molar-refractivity contribution is 0.581. The normalized spacial score (nSPS) is 15.4. The number of hydrogen-bond donors (Lipinski definition) is 2. The maximum Gasteiger partial charge on any atom is 0.242 e. The molecule has 110 valence electrons. The van der Waals surface area contributed by atoms with Crippen LogP contribution < -0.4 is 10.5 Å². The summed E-state index contributed by atoms with van der Waals surface area (Å²) in [5.41, 5.74) is 9.42. The van der Waals surface area contributed by atoms with Gasteiger partial charge in [-0.05, 0) is 62.8 Å². The highest BCUT2D eigenvalue weighted by molar-refractivity contribution is 7.89. The standard InChI is InChI=1S/C15H22N2O2S/c1-11-9-14(16)15(10-12(11)2)20(18,19)17-8-7-13-5-3-4-6-13/h5,9-10,17H,3-4,6-8,16H2,1-2H3. The van der Waals surface area contributed by atoms with Gasteiger partial charge in [-0.2, -0.15) is 0 Å². The molecule has 0 saturated carbocycles. The zero-order chi connectivity index (χ0) is 14.8. The van der Waals surface area contributed by atoms with Gasteiger partial charge < -0.3 is 5.73 Å². The van der Waals surface area contributed by atoms with Crippen molar-refractivity contribution in [3.63, 3.8) is 0 Å². The van der Waals surface area contributed by atoms with Gasteiger partial charge in [-0.25, -0.2) is 13.1 Å². The van der Waals surface area contributed by atoms with E-state index in [0.717, 1.165) is 30.4 Å². The van der Waals surface area contributed by atoms with E-state index in [-0.39, 0.29) is 4.90 Å². The SMILES string of the molecule is Cc1cc(N)c(S(=O)(=O)NCCC2=CCCC2)cc1C. The Morgan fingerprint density at radius 3 is 2.60 bits per heavy atom. The van der Waals surface area contributed by atoms with Gasteiger partial charge in [-0.3, -0.25) is 0 Å². The quantitative estimate of drug-likeness (QED) is 0.648. The van der Waals surface area contributed by atoms with Crippen LogP contribution in [-0.4, -0.2) is 15.0 Å². The highest BCUT2D eigenvalue weighted by atomic mass is 32.2. The number of anilines is 1. The Kier molecular flexibility index (Phi) is 4.50. The zero-order valence-corrected chi connectivity index (χ0v) is 12.9. The van der Waals surface area contributed by atoms with E-state index in [4.69, 9.17) is 5.73 Å². The van der Waals surface area contributed by atoms with E-state index in [1.54, 1.807) is 12.1 Å². The minimum Gasteiger partial charge on any atom is -0.398 e. The molecule has 0 spiro atoms. The molecular formula is C15H22N2O2S. The number of benzene rings is 1. The molecule has 1 aliphatic carbocycles. The summed E-state index contributed by atoms with van der Waals surface area (Å²) in [7, 11) is -3.52. The molecule has 1 aromatic rings. The van der Waals surface area contributed by atoms with E-state index in [2.05, 4.69) is 10.8 Å². The molecule has 0 amide bonds. The highest BCUT2D eigenvalue weighted by Gasteiger charge is 2.18. The number of hydrogen-bond acceptors (Lipinski definition) is 3. The van der Waals surface area contributed by atoms with Crippen LogP contribution in [0.25, 0.3) is 0 Å². The first-order valence-electron chi connectivity index (χ1n) is 6.94. The Morgan fingerprint density at radius 1 is 1.25 bits per heavy atom. The molecule has 0 saturated heterocycles. The molecule has 0 unspecified atom stereocenters. The molecule has 0 fully saturated rings. The monoisotopic (exact) mass is 294 g/mol. The zero-order valence-electron chi connectivity index (χ0n) is 12.1. The Hall–Kier alpha value is -1.33. The molecule has 0 aromatic heterocycles. The molecule has 2 rings (SSSR count). The van der Waals surface area contributed by atoms with Crippen molar-refractivity contribution in [3.8, 4) is 0 Å². The fraction of sp³-hybridized carbons (Fsp3) is 0.467. The van der Waals surface area contributed by atoms with E-state index in [0.29, 0.717) is 12.2 Å². The molecule has 4 nitrogen and oxygen atoms in total. The van der Waals surface area contributed by atoms with Crippen LogP contribution in [0.3, 0.4) is 0 Å². The molecular weight excluding hydrogens is 272 g/mol. The lowest BCUT2D eigenvalue weighted by atomic mass is 10.1. The average molecular weight is 294 g/mol.